The molecule has 1 saturated heterocycles. The van der Waals surface area contributed by atoms with E-state index in [4.69, 9.17) is 16.7 Å². The van der Waals surface area contributed by atoms with Gasteiger partial charge in [0.25, 0.3) is 0 Å². The highest BCUT2D eigenvalue weighted by molar-refractivity contribution is 6.27. The minimum absolute atomic E-state index is 0.0798. The van der Waals surface area contributed by atoms with Crippen LogP contribution in [-0.2, 0) is 4.79 Å². The third kappa shape index (κ3) is 2.77. The van der Waals surface area contributed by atoms with Crippen LogP contribution < -0.4 is 5.32 Å². The second kappa shape index (κ2) is 4.32. The van der Waals surface area contributed by atoms with Crippen LogP contribution in [0.2, 0.25) is 0 Å². The minimum Gasteiger partial charge on any atom is -0.465 e. The van der Waals surface area contributed by atoms with Crippen molar-refractivity contribution < 1.29 is 14.7 Å². The lowest BCUT2D eigenvalue weighted by Gasteiger charge is -2.12. The van der Waals surface area contributed by atoms with E-state index in [2.05, 4.69) is 5.32 Å². The van der Waals surface area contributed by atoms with Gasteiger partial charge in [-0.1, -0.05) is 0 Å². The molecule has 2 N–H and O–H groups in total. The molecular weight excluding hydrogens is 196 g/mol. The number of nitrogens with one attached hydrogen (secondary N) is 1. The van der Waals surface area contributed by atoms with Gasteiger partial charge in [0.2, 0.25) is 5.91 Å². The highest BCUT2D eigenvalue weighted by Gasteiger charge is 2.26. The van der Waals surface area contributed by atoms with Crippen LogP contribution in [0.5, 0.6) is 0 Å². The number of halogens is 1. The summed E-state index contributed by atoms with van der Waals surface area (Å²) in [5, 5.41) is 11.2. The Kier molecular flexibility index (Phi) is 3.36. The fraction of sp³-hybridized carbons (Fsp3) is 0.714. The molecule has 0 saturated carbocycles. The Bertz CT molecular complexity index is 222. The molecular formula is C7H11ClN2O3. The van der Waals surface area contributed by atoms with Crippen LogP contribution in [-0.4, -0.2) is 47.0 Å². The number of amides is 2. The van der Waals surface area contributed by atoms with Crippen LogP contribution in [0.15, 0.2) is 0 Å². The number of hydrogen-bond donors (Lipinski definition) is 2. The monoisotopic (exact) mass is 206 g/mol. The summed E-state index contributed by atoms with van der Waals surface area (Å²) < 4.78 is 0. The van der Waals surface area contributed by atoms with Gasteiger partial charge in [0.1, 0.15) is 5.88 Å². The largest absolute Gasteiger partial charge is 0.465 e. The highest BCUT2D eigenvalue weighted by Crippen LogP contribution is 2.08. The van der Waals surface area contributed by atoms with Gasteiger partial charge in [-0.3, -0.25) is 4.79 Å². The van der Waals surface area contributed by atoms with Crippen molar-refractivity contribution in [2.45, 2.75) is 12.5 Å². The normalized spacial score (nSPS) is 21.6. The zero-order valence-electron chi connectivity index (χ0n) is 6.99. The first kappa shape index (κ1) is 10.1. The minimum atomic E-state index is -0.942. The highest BCUT2D eigenvalue weighted by atomic mass is 35.5. The maximum absolute atomic E-state index is 10.8. The van der Waals surface area contributed by atoms with Crippen LogP contribution in [0.3, 0.4) is 0 Å². The topological polar surface area (TPSA) is 69.6 Å². The lowest BCUT2D eigenvalue weighted by atomic mass is 10.3. The zero-order chi connectivity index (χ0) is 9.84. The van der Waals surface area contributed by atoms with Gasteiger partial charge in [-0.25, -0.2) is 4.79 Å². The number of nitrogens with zero attached hydrogens (tertiary/aromatic N) is 1. The van der Waals surface area contributed by atoms with E-state index in [1.165, 1.54) is 4.90 Å². The average Bonchev–Trinajstić information content (AvgIpc) is 2.52. The van der Waals surface area contributed by atoms with Gasteiger partial charge in [-0.05, 0) is 6.42 Å². The number of alkyl halides is 1. The molecule has 13 heavy (non-hydrogen) atoms. The van der Waals surface area contributed by atoms with Gasteiger partial charge in [-0.15, -0.1) is 11.6 Å². The van der Waals surface area contributed by atoms with E-state index in [0.717, 1.165) is 0 Å². The van der Waals surface area contributed by atoms with Crippen molar-refractivity contribution in [1.82, 2.24) is 10.2 Å². The van der Waals surface area contributed by atoms with Gasteiger partial charge in [0.05, 0.1) is 0 Å². The molecule has 2 amide bonds. The number of carbonyl (C=O) groups excluding carboxylic acids is 1. The molecule has 1 unspecified atom stereocenters. The summed E-state index contributed by atoms with van der Waals surface area (Å²) in [6.45, 7) is 0.834. The Labute approximate surface area is 80.7 Å². The summed E-state index contributed by atoms with van der Waals surface area (Å²) in [4.78, 5) is 22.6. The molecule has 1 fully saturated rings. The maximum atomic E-state index is 10.8. The molecule has 5 nitrogen and oxygen atoms in total. The van der Waals surface area contributed by atoms with E-state index in [1.54, 1.807) is 0 Å². The fourth-order valence-electron chi connectivity index (χ4n) is 1.32. The van der Waals surface area contributed by atoms with Crippen molar-refractivity contribution in [2.24, 2.45) is 0 Å². The first-order valence-corrected chi connectivity index (χ1v) is 4.50. The molecule has 1 aliphatic rings. The predicted octanol–water partition coefficient (Wildman–Crippen LogP) is 0.0937. The van der Waals surface area contributed by atoms with Gasteiger partial charge in [-0.2, -0.15) is 0 Å². The van der Waals surface area contributed by atoms with Gasteiger partial charge in [0.15, 0.2) is 0 Å². The van der Waals surface area contributed by atoms with Gasteiger partial charge in [0, 0.05) is 19.1 Å². The molecule has 0 spiro atoms. The smallest absolute Gasteiger partial charge is 0.407 e. The third-order valence-corrected chi connectivity index (χ3v) is 2.19. The second-order valence-corrected chi connectivity index (χ2v) is 3.18. The maximum Gasteiger partial charge on any atom is 0.407 e. The van der Waals surface area contributed by atoms with E-state index in [-0.39, 0.29) is 17.8 Å². The molecule has 0 aromatic heterocycles. The average molecular weight is 207 g/mol. The number of likely N-dealkylation sites (tertiary alicyclic amines) is 1. The van der Waals surface area contributed by atoms with E-state index in [1.807, 2.05) is 0 Å². The first-order valence-electron chi connectivity index (χ1n) is 3.96. The Hall–Kier alpha value is -0.970. The number of carboxylic acid groups (broad SMARTS) is 1. The molecule has 0 aromatic rings. The molecule has 0 aliphatic carbocycles. The van der Waals surface area contributed by atoms with Crippen molar-refractivity contribution in [3.63, 3.8) is 0 Å². The van der Waals surface area contributed by atoms with Crippen molar-refractivity contribution in [1.29, 1.82) is 0 Å². The van der Waals surface area contributed by atoms with Crippen molar-refractivity contribution >= 4 is 23.6 Å². The van der Waals surface area contributed by atoms with Crippen LogP contribution in [0.25, 0.3) is 0 Å². The number of carbonyl (C=O) groups is 2. The molecule has 74 valence electrons. The van der Waals surface area contributed by atoms with Crippen LogP contribution in [0.4, 0.5) is 4.79 Å². The predicted molar refractivity (Wildman–Crippen MR) is 46.9 cm³/mol. The van der Waals surface area contributed by atoms with E-state index >= 15 is 0 Å². The molecule has 0 bridgehead atoms. The third-order valence-electron chi connectivity index (χ3n) is 1.95. The summed E-state index contributed by atoms with van der Waals surface area (Å²) in [6.07, 6.45) is -0.280. The SMILES string of the molecule is O=C(CCl)NC1CCN(C(=O)O)C1. The molecule has 1 atom stereocenters. The Balaban J connectivity index is 2.33. The second-order valence-electron chi connectivity index (χ2n) is 2.92. The van der Waals surface area contributed by atoms with Crippen LogP contribution in [0.1, 0.15) is 6.42 Å². The zero-order valence-corrected chi connectivity index (χ0v) is 7.75. The summed E-state index contributed by atoms with van der Waals surface area (Å²) in [5.41, 5.74) is 0. The molecule has 1 aliphatic heterocycles. The summed E-state index contributed by atoms with van der Waals surface area (Å²) in [6, 6.07) is -0.0812. The lowest BCUT2D eigenvalue weighted by Crippen LogP contribution is -2.38. The fourth-order valence-corrected chi connectivity index (χ4v) is 1.40. The molecule has 1 heterocycles. The molecule has 1 rings (SSSR count). The first-order chi connectivity index (χ1) is 6.13. The standard InChI is InChI=1S/C7H11ClN2O3/c8-3-6(11)9-5-1-2-10(4-5)7(12)13/h5H,1-4H2,(H,9,11)(H,12,13). The van der Waals surface area contributed by atoms with Crippen molar-refractivity contribution in [2.75, 3.05) is 19.0 Å². The lowest BCUT2D eigenvalue weighted by molar-refractivity contribution is -0.119. The number of hydrogen-bond acceptors (Lipinski definition) is 2. The van der Waals surface area contributed by atoms with E-state index < -0.39 is 6.09 Å². The Morgan fingerprint density at radius 2 is 2.31 bits per heavy atom. The van der Waals surface area contributed by atoms with Gasteiger partial charge < -0.3 is 15.3 Å². The summed E-state index contributed by atoms with van der Waals surface area (Å²) >= 11 is 5.29. The van der Waals surface area contributed by atoms with E-state index in [0.29, 0.717) is 19.5 Å². The Morgan fingerprint density at radius 3 is 2.77 bits per heavy atom. The van der Waals surface area contributed by atoms with Crippen molar-refractivity contribution in [3.8, 4) is 0 Å². The molecule has 0 radical (unpaired) electrons. The molecule has 6 heteroatoms. The quantitative estimate of drug-likeness (QED) is 0.630. The molecule has 0 aromatic carbocycles. The van der Waals surface area contributed by atoms with Gasteiger partial charge >= 0.3 is 6.09 Å². The number of rotatable bonds is 2. The summed E-state index contributed by atoms with van der Waals surface area (Å²) in [5.74, 6) is -0.331. The van der Waals surface area contributed by atoms with Crippen molar-refractivity contribution in [3.05, 3.63) is 0 Å². The summed E-state index contributed by atoms with van der Waals surface area (Å²) in [7, 11) is 0. The van der Waals surface area contributed by atoms with E-state index in [9.17, 15) is 9.59 Å². The van der Waals surface area contributed by atoms with Crippen LogP contribution in [0, 0.1) is 0 Å². The Morgan fingerprint density at radius 1 is 1.62 bits per heavy atom. The van der Waals surface area contributed by atoms with Crippen LogP contribution >= 0.6 is 11.6 Å².